The van der Waals surface area contributed by atoms with Crippen molar-refractivity contribution in [3.05, 3.63) is 109 Å². The van der Waals surface area contributed by atoms with Crippen LogP contribution in [-0.2, 0) is 21.1 Å². The standard InChI is InChI=1S/C25H25NO4S2/c1-2-24(20-13-15-22(16-14-20)31-21-11-7-4-8-12-21)32(29,30)23(18-25(27)26-28)17-19-9-5-3-6-10-19/h2-16,23-24,28H,1,17-18H2,(H,26,27). The molecule has 1 amide bonds. The third kappa shape index (κ3) is 6.09. The van der Waals surface area contributed by atoms with E-state index in [-0.39, 0.29) is 12.8 Å². The highest BCUT2D eigenvalue weighted by molar-refractivity contribution is 7.99. The Kier molecular flexibility index (Phi) is 8.27. The van der Waals surface area contributed by atoms with Gasteiger partial charge in [-0.1, -0.05) is 78.5 Å². The lowest BCUT2D eigenvalue weighted by Crippen LogP contribution is -2.34. The lowest BCUT2D eigenvalue weighted by atomic mass is 10.1. The van der Waals surface area contributed by atoms with E-state index < -0.39 is 26.2 Å². The van der Waals surface area contributed by atoms with Gasteiger partial charge in [0.15, 0.2) is 9.84 Å². The molecule has 32 heavy (non-hydrogen) atoms. The van der Waals surface area contributed by atoms with Gasteiger partial charge in [0.1, 0.15) is 5.25 Å². The predicted molar refractivity (Wildman–Crippen MR) is 127 cm³/mol. The average molecular weight is 468 g/mol. The summed E-state index contributed by atoms with van der Waals surface area (Å²) in [7, 11) is -3.84. The Morgan fingerprint density at radius 2 is 1.50 bits per heavy atom. The van der Waals surface area contributed by atoms with E-state index >= 15 is 0 Å². The molecule has 0 aliphatic carbocycles. The van der Waals surface area contributed by atoms with Gasteiger partial charge < -0.3 is 0 Å². The number of rotatable bonds is 10. The summed E-state index contributed by atoms with van der Waals surface area (Å²) >= 11 is 1.59. The van der Waals surface area contributed by atoms with Gasteiger partial charge in [0.25, 0.3) is 0 Å². The first-order valence-corrected chi connectivity index (χ1v) is 12.5. The molecule has 166 valence electrons. The normalized spacial score (nSPS) is 13.2. The number of hydroxylamine groups is 1. The summed E-state index contributed by atoms with van der Waals surface area (Å²) in [5, 5.41) is 6.97. The molecule has 0 heterocycles. The van der Waals surface area contributed by atoms with Crippen molar-refractivity contribution in [1.82, 2.24) is 5.48 Å². The molecule has 0 fully saturated rings. The second-order valence-electron chi connectivity index (χ2n) is 7.28. The van der Waals surface area contributed by atoms with E-state index in [1.54, 1.807) is 29.4 Å². The van der Waals surface area contributed by atoms with Crippen LogP contribution in [0.5, 0.6) is 0 Å². The molecule has 5 nitrogen and oxygen atoms in total. The zero-order valence-corrected chi connectivity index (χ0v) is 19.1. The Bertz CT molecular complexity index is 1130. The lowest BCUT2D eigenvalue weighted by molar-refractivity contribution is -0.129. The van der Waals surface area contributed by atoms with Gasteiger partial charge >= 0.3 is 0 Å². The number of nitrogens with one attached hydrogen (secondary N) is 1. The molecule has 2 atom stereocenters. The summed E-state index contributed by atoms with van der Waals surface area (Å²) in [4.78, 5) is 13.9. The van der Waals surface area contributed by atoms with Gasteiger partial charge in [-0.2, -0.15) is 0 Å². The van der Waals surface area contributed by atoms with E-state index in [1.807, 2.05) is 72.8 Å². The number of carbonyl (C=O) groups excluding carboxylic acids is 1. The molecule has 0 aliphatic rings. The summed E-state index contributed by atoms with van der Waals surface area (Å²) in [6.45, 7) is 3.75. The van der Waals surface area contributed by atoms with Gasteiger partial charge in [-0.15, -0.1) is 6.58 Å². The van der Waals surface area contributed by atoms with Gasteiger partial charge in [-0.05, 0) is 41.8 Å². The zero-order valence-electron chi connectivity index (χ0n) is 17.4. The van der Waals surface area contributed by atoms with Crippen LogP contribution in [0.15, 0.2) is 107 Å². The third-order valence-electron chi connectivity index (χ3n) is 5.06. The minimum Gasteiger partial charge on any atom is -0.289 e. The molecule has 3 rings (SSSR count). The smallest absolute Gasteiger partial charge is 0.244 e. The van der Waals surface area contributed by atoms with Crippen molar-refractivity contribution in [2.45, 2.75) is 33.1 Å². The highest BCUT2D eigenvalue weighted by Crippen LogP contribution is 2.33. The first kappa shape index (κ1) is 23.8. The van der Waals surface area contributed by atoms with E-state index in [2.05, 4.69) is 6.58 Å². The fourth-order valence-electron chi connectivity index (χ4n) is 3.45. The Balaban J connectivity index is 1.86. The molecule has 2 unspecified atom stereocenters. The molecular weight excluding hydrogens is 442 g/mol. The summed E-state index contributed by atoms with van der Waals surface area (Å²) in [5.74, 6) is -0.744. The molecular formula is C25H25NO4S2. The lowest BCUT2D eigenvalue weighted by Gasteiger charge is -2.23. The number of sulfone groups is 1. The Labute approximate surface area is 193 Å². The van der Waals surface area contributed by atoms with Gasteiger partial charge in [-0.25, -0.2) is 13.9 Å². The quantitative estimate of drug-likeness (QED) is 0.249. The topological polar surface area (TPSA) is 83.5 Å². The summed E-state index contributed by atoms with van der Waals surface area (Å²) in [5.41, 5.74) is 2.93. The van der Waals surface area contributed by atoms with Gasteiger partial charge in [0.05, 0.1) is 5.25 Å². The highest BCUT2D eigenvalue weighted by Gasteiger charge is 2.35. The molecule has 0 saturated heterocycles. The van der Waals surface area contributed by atoms with Crippen molar-refractivity contribution in [3.8, 4) is 0 Å². The molecule has 0 aliphatic heterocycles. The van der Waals surface area contributed by atoms with Gasteiger partial charge in [-0.3, -0.25) is 10.0 Å². The van der Waals surface area contributed by atoms with E-state index in [4.69, 9.17) is 5.21 Å². The van der Waals surface area contributed by atoms with Crippen molar-refractivity contribution >= 4 is 27.5 Å². The van der Waals surface area contributed by atoms with E-state index in [0.29, 0.717) is 5.56 Å². The maximum Gasteiger partial charge on any atom is 0.244 e. The number of carbonyl (C=O) groups is 1. The van der Waals surface area contributed by atoms with Crippen molar-refractivity contribution < 1.29 is 18.4 Å². The highest BCUT2D eigenvalue weighted by atomic mass is 32.2. The summed E-state index contributed by atoms with van der Waals surface area (Å²) in [6, 6.07) is 26.3. The molecule has 0 bridgehead atoms. The first-order chi connectivity index (χ1) is 15.4. The molecule has 0 aromatic heterocycles. The van der Waals surface area contributed by atoms with E-state index in [1.165, 1.54) is 6.08 Å². The second kappa shape index (κ2) is 11.1. The SMILES string of the molecule is C=CC(c1ccc(Sc2ccccc2)cc1)S(=O)(=O)C(CC(=O)NO)Cc1ccccc1. The van der Waals surface area contributed by atoms with Crippen molar-refractivity contribution in [3.63, 3.8) is 0 Å². The molecule has 3 aromatic carbocycles. The van der Waals surface area contributed by atoms with Crippen LogP contribution in [0.4, 0.5) is 0 Å². The molecule has 7 heteroatoms. The maximum absolute atomic E-state index is 13.6. The van der Waals surface area contributed by atoms with Crippen LogP contribution in [0.25, 0.3) is 0 Å². The van der Waals surface area contributed by atoms with Crippen LogP contribution in [0, 0.1) is 0 Å². The van der Waals surface area contributed by atoms with Gasteiger partial charge in [0, 0.05) is 16.2 Å². The van der Waals surface area contributed by atoms with Crippen LogP contribution in [0.2, 0.25) is 0 Å². The van der Waals surface area contributed by atoms with E-state index in [0.717, 1.165) is 15.4 Å². The zero-order chi connectivity index (χ0) is 23.0. The largest absolute Gasteiger partial charge is 0.289 e. The van der Waals surface area contributed by atoms with Gasteiger partial charge in [0.2, 0.25) is 5.91 Å². The number of amides is 1. The Morgan fingerprint density at radius 1 is 0.938 bits per heavy atom. The molecule has 0 spiro atoms. The second-order valence-corrected chi connectivity index (χ2v) is 10.8. The van der Waals surface area contributed by atoms with Crippen LogP contribution in [0.1, 0.15) is 22.8 Å². The molecule has 3 aromatic rings. The Hall–Kier alpha value is -2.87. The number of benzene rings is 3. The van der Waals surface area contributed by atoms with Crippen molar-refractivity contribution in [1.29, 1.82) is 0 Å². The van der Waals surface area contributed by atoms with Crippen molar-refractivity contribution in [2.24, 2.45) is 0 Å². The van der Waals surface area contributed by atoms with E-state index in [9.17, 15) is 13.2 Å². The first-order valence-electron chi connectivity index (χ1n) is 10.1. The Morgan fingerprint density at radius 3 is 2.06 bits per heavy atom. The summed E-state index contributed by atoms with van der Waals surface area (Å²) < 4.78 is 27.1. The monoisotopic (exact) mass is 467 g/mol. The van der Waals surface area contributed by atoms with Crippen LogP contribution in [-0.4, -0.2) is 24.8 Å². The molecule has 0 radical (unpaired) electrons. The van der Waals surface area contributed by atoms with Crippen LogP contribution in [0.3, 0.4) is 0 Å². The molecule has 2 N–H and O–H groups in total. The maximum atomic E-state index is 13.6. The van der Waals surface area contributed by atoms with Crippen molar-refractivity contribution in [2.75, 3.05) is 0 Å². The third-order valence-corrected chi connectivity index (χ3v) is 8.51. The van der Waals surface area contributed by atoms with Crippen LogP contribution >= 0.6 is 11.8 Å². The molecule has 0 saturated carbocycles. The average Bonchev–Trinajstić information content (AvgIpc) is 2.81. The minimum atomic E-state index is -3.84. The predicted octanol–water partition coefficient (Wildman–Crippen LogP) is 4.99. The summed E-state index contributed by atoms with van der Waals surface area (Å²) in [6.07, 6.45) is 1.20. The minimum absolute atomic E-state index is 0.156. The number of hydrogen-bond donors (Lipinski definition) is 2. The number of hydrogen-bond acceptors (Lipinski definition) is 5. The fourth-order valence-corrected chi connectivity index (χ4v) is 6.32. The fraction of sp³-hybridized carbons (Fsp3) is 0.160. The van der Waals surface area contributed by atoms with Crippen LogP contribution < -0.4 is 5.48 Å².